The van der Waals surface area contributed by atoms with Gasteiger partial charge >= 0.3 is 5.97 Å². The molecule has 1 aliphatic carbocycles. The van der Waals surface area contributed by atoms with Gasteiger partial charge in [0.2, 0.25) is 15.9 Å². The van der Waals surface area contributed by atoms with Crippen LogP contribution in [0.1, 0.15) is 53.6 Å². The Morgan fingerprint density at radius 1 is 1.16 bits per heavy atom. The lowest BCUT2D eigenvalue weighted by Crippen LogP contribution is -2.50. The molecule has 1 aromatic carbocycles. The van der Waals surface area contributed by atoms with Gasteiger partial charge in [-0.05, 0) is 88.0 Å². The second kappa shape index (κ2) is 11.2. The van der Waals surface area contributed by atoms with E-state index in [0.717, 1.165) is 62.1 Å². The Bertz CT molecular complexity index is 1260. The van der Waals surface area contributed by atoms with Crippen LogP contribution in [0.2, 0.25) is 0 Å². The summed E-state index contributed by atoms with van der Waals surface area (Å²) >= 11 is 0. The monoisotopic (exact) mass is 528 g/mol. The Kier molecular flexibility index (Phi) is 8.18. The highest BCUT2D eigenvalue weighted by molar-refractivity contribution is 7.89. The molecule has 10 heteroatoms. The predicted octanol–water partition coefficient (Wildman–Crippen LogP) is 2.87. The molecule has 37 heavy (non-hydrogen) atoms. The van der Waals surface area contributed by atoms with Crippen LogP contribution in [0, 0.1) is 32.6 Å². The van der Waals surface area contributed by atoms with E-state index in [-0.39, 0.29) is 23.3 Å². The van der Waals surface area contributed by atoms with Crippen LogP contribution in [-0.4, -0.2) is 49.5 Å². The maximum Gasteiger partial charge on any atom is 0.323 e. The number of amides is 1. The summed E-state index contributed by atoms with van der Waals surface area (Å²) in [5, 5.41) is 15.6. The van der Waals surface area contributed by atoms with Gasteiger partial charge in [-0.15, -0.1) is 0 Å². The number of hydrogen-bond donors (Lipinski definition) is 4. The molecule has 1 atom stereocenters. The summed E-state index contributed by atoms with van der Waals surface area (Å²) in [5.41, 5.74) is 4.32. The van der Waals surface area contributed by atoms with E-state index in [9.17, 15) is 23.1 Å². The summed E-state index contributed by atoms with van der Waals surface area (Å²) in [6.07, 6.45) is 5.46. The molecular weight excluding hydrogens is 492 g/mol. The number of nitrogens with one attached hydrogen (secondary N) is 3. The van der Waals surface area contributed by atoms with E-state index in [1.165, 1.54) is 5.56 Å². The molecule has 1 fully saturated rings. The molecule has 0 radical (unpaired) electrons. The highest BCUT2D eigenvalue weighted by atomic mass is 32.2. The normalized spacial score (nSPS) is 19.8. The van der Waals surface area contributed by atoms with E-state index in [1.54, 1.807) is 26.0 Å². The van der Waals surface area contributed by atoms with Gasteiger partial charge in [0.15, 0.2) is 0 Å². The van der Waals surface area contributed by atoms with Crippen LogP contribution in [0.5, 0.6) is 0 Å². The third-order valence-corrected chi connectivity index (χ3v) is 9.09. The Labute approximate surface area is 218 Å². The van der Waals surface area contributed by atoms with Gasteiger partial charge < -0.3 is 15.7 Å². The number of rotatable bonds is 10. The molecule has 1 aromatic heterocycles. The van der Waals surface area contributed by atoms with Crippen LogP contribution in [0.15, 0.2) is 29.2 Å². The number of carboxylic acid groups (broad SMARTS) is 1. The summed E-state index contributed by atoms with van der Waals surface area (Å²) in [6, 6.07) is 6.25. The standard InChI is InChI=1S/C27H36N4O5S/c1-16-11-17(2)24(18(3)12-16)37(35,36)31-23(27(33)34)15-29-26(32)21-13-19(14-21)6-8-22-9-7-20-5-4-10-28-25(20)30-22/h7,9,11-12,19,21,23,31H,4-6,8,10,13-15H2,1-3H3,(H,28,30)(H,29,32)(H,33,34)/t19-,21-,23-/m0/s1. The van der Waals surface area contributed by atoms with E-state index < -0.39 is 22.0 Å². The molecule has 1 saturated carbocycles. The molecule has 2 aliphatic rings. The van der Waals surface area contributed by atoms with Gasteiger partial charge in [-0.1, -0.05) is 23.8 Å². The third-order valence-electron chi connectivity index (χ3n) is 7.32. The number of pyridine rings is 1. The molecule has 4 rings (SSSR count). The van der Waals surface area contributed by atoms with Gasteiger partial charge in [-0.3, -0.25) is 9.59 Å². The number of sulfonamides is 1. The molecule has 0 unspecified atom stereocenters. The van der Waals surface area contributed by atoms with E-state index in [4.69, 9.17) is 4.98 Å². The van der Waals surface area contributed by atoms with Gasteiger partial charge in [-0.25, -0.2) is 13.4 Å². The number of fused-ring (bicyclic) bond motifs is 1. The molecule has 0 bridgehead atoms. The number of benzene rings is 1. The molecular formula is C27H36N4O5S. The smallest absolute Gasteiger partial charge is 0.323 e. The number of nitrogens with zero attached hydrogens (tertiary/aromatic N) is 1. The zero-order valence-electron chi connectivity index (χ0n) is 21.6. The number of carboxylic acids is 1. The number of aliphatic carboxylic acids is 1. The van der Waals surface area contributed by atoms with Crippen molar-refractivity contribution in [3.05, 3.63) is 52.2 Å². The molecule has 9 nitrogen and oxygen atoms in total. The predicted molar refractivity (Wildman–Crippen MR) is 141 cm³/mol. The second-order valence-electron chi connectivity index (χ2n) is 10.4. The molecule has 4 N–H and O–H groups in total. The lowest BCUT2D eigenvalue weighted by molar-refractivity contribution is -0.139. The van der Waals surface area contributed by atoms with Crippen molar-refractivity contribution < 1.29 is 23.1 Å². The molecule has 1 amide bonds. The van der Waals surface area contributed by atoms with Gasteiger partial charge in [0.25, 0.3) is 0 Å². The Balaban J connectivity index is 1.25. The molecule has 2 aromatic rings. The molecule has 0 saturated heterocycles. The number of hydrogen-bond acceptors (Lipinski definition) is 6. The Morgan fingerprint density at radius 3 is 2.54 bits per heavy atom. The van der Waals surface area contributed by atoms with Gasteiger partial charge in [0.1, 0.15) is 11.9 Å². The number of carbonyl (C=O) groups is 2. The molecule has 2 heterocycles. The number of anilines is 1. The number of aryl methyl sites for hydroxylation is 5. The van der Waals surface area contributed by atoms with Crippen molar-refractivity contribution in [2.24, 2.45) is 11.8 Å². The van der Waals surface area contributed by atoms with Gasteiger partial charge in [0.05, 0.1) is 4.90 Å². The topological polar surface area (TPSA) is 137 Å². The lowest BCUT2D eigenvalue weighted by Gasteiger charge is -2.34. The average molecular weight is 529 g/mol. The summed E-state index contributed by atoms with van der Waals surface area (Å²) in [7, 11) is -4.08. The maximum absolute atomic E-state index is 13.0. The van der Waals surface area contributed by atoms with Gasteiger partial charge in [-0.2, -0.15) is 4.72 Å². The number of aromatic nitrogens is 1. The summed E-state index contributed by atoms with van der Waals surface area (Å²) in [5.74, 6) is -0.352. The summed E-state index contributed by atoms with van der Waals surface area (Å²) < 4.78 is 28.2. The fraction of sp³-hybridized carbons (Fsp3) is 0.519. The first-order valence-corrected chi connectivity index (χ1v) is 14.3. The molecule has 200 valence electrons. The fourth-order valence-corrected chi connectivity index (χ4v) is 7.05. The zero-order valence-corrected chi connectivity index (χ0v) is 22.5. The average Bonchev–Trinajstić information content (AvgIpc) is 2.79. The van der Waals surface area contributed by atoms with Crippen LogP contribution in [0.3, 0.4) is 0 Å². The Hall–Kier alpha value is -2.98. The third kappa shape index (κ3) is 6.48. The van der Waals surface area contributed by atoms with Crippen molar-refractivity contribution in [2.75, 3.05) is 18.4 Å². The van der Waals surface area contributed by atoms with Crippen LogP contribution in [0.4, 0.5) is 5.82 Å². The van der Waals surface area contributed by atoms with Crippen LogP contribution < -0.4 is 15.4 Å². The van der Waals surface area contributed by atoms with Crippen LogP contribution in [-0.2, 0) is 32.5 Å². The number of carbonyl (C=O) groups excluding carboxylic acids is 1. The highest BCUT2D eigenvalue weighted by Gasteiger charge is 2.35. The highest BCUT2D eigenvalue weighted by Crippen LogP contribution is 2.37. The van der Waals surface area contributed by atoms with E-state index >= 15 is 0 Å². The first-order chi connectivity index (χ1) is 17.5. The van der Waals surface area contributed by atoms with Crippen LogP contribution >= 0.6 is 0 Å². The minimum Gasteiger partial charge on any atom is -0.480 e. The minimum absolute atomic E-state index is 0.0710. The van der Waals surface area contributed by atoms with E-state index in [2.05, 4.69) is 27.5 Å². The van der Waals surface area contributed by atoms with Crippen molar-refractivity contribution in [2.45, 2.75) is 70.2 Å². The molecule has 0 spiro atoms. The van der Waals surface area contributed by atoms with E-state index in [1.807, 2.05) is 6.92 Å². The van der Waals surface area contributed by atoms with Crippen LogP contribution in [0.25, 0.3) is 0 Å². The zero-order chi connectivity index (χ0) is 26.7. The fourth-order valence-electron chi connectivity index (χ4n) is 5.41. The second-order valence-corrected chi connectivity index (χ2v) is 12.0. The maximum atomic E-state index is 13.0. The van der Waals surface area contributed by atoms with Crippen molar-refractivity contribution in [1.29, 1.82) is 0 Å². The molecule has 1 aliphatic heterocycles. The van der Waals surface area contributed by atoms with Gasteiger partial charge in [0, 0.05) is 24.7 Å². The van der Waals surface area contributed by atoms with Crippen molar-refractivity contribution >= 4 is 27.7 Å². The minimum atomic E-state index is -4.08. The van der Waals surface area contributed by atoms with Crippen molar-refractivity contribution in [3.63, 3.8) is 0 Å². The Morgan fingerprint density at radius 2 is 1.86 bits per heavy atom. The SMILES string of the molecule is Cc1cc(C)c(S(=O)(=O)N[C@@H](CNC(=O)[C@H]2C[C@H](CCc3ccc4c(n3)NCCC4)C2)C(=O)O)c(C)c1. The quantitative estimate of drug-likeness (QED) is 0.372. The summed E-state index contributed by atoms with van der Waals surface area (Å²) in [6.45, 7) is 5.87. The largest absolute Gasteiger partial charge is 0.480 e. The van der Waals surface area contributed by atoms with Crippen molar-refractivity contribution in [3.8, 4) is 0 Å². The van der Waals surface area contributed by atoms with Crippen molar-refractivity contribution in [1.82, 2.24) is 15.0 Å². The lowest BCUT2D eigenvalue weighted by atomic mass is 9.72. The van der Waals surface area contributed by atoms with E-state index in [0.29, 0.717) is 17.0 Å². The summed E-state index contributed by atoms with van der Waals surface area (Å²) in [4.78, 5) is 29.2. The first-order valence-electron chi connectivity index (χ1n) is 12.9. The first kappa shape index (κ1) is 27.1.